The first-order valence-electron chi connectivity index (χ1n) is 5.43. The van der Waals surface area contributed by atoms with Crippen LogP contribution in [0.3, 0.4) is 0 Å². The minimum absolute atomic E-state index is 0.0282. The maximum atomic E-state index is 12.2. The molecule has 2 aromatic rings. The monoisotopic (exact) mass is 441 g/mol. The normalized spacial score (nSPS) is 11.4. The van der Waals surface area contributed by atoms with Crippen LogP contribution in [0.1, 0.15) is 10.4 Å². The second kappa shape index (κ2) is 5.85. The third kappa shape index (κ3) is 3.32. The lowest BCUT2D eigenvalue weighted by atomic mass is 10.2. The van der Waals surface area contributed by atoms with E-state index >= 15 is 0 Å². The van der Waals surface area contributed by atoms with Gasteiger partial charge in [0.25, 0.3) is 5.91 Å². The number of tetrazole rings is 1. The number of amides is 1. The van der Waals surface area contributed by atoms with Crippen LogP contribution in [0.4, 0.5) is 5.95 Å². The maximum absolute atomic E-state index is 12.2. The summed E-state index contributed by atoms with van der Waals surface area (Å²) in [5.41, 5.74) is 0.0282. The van der Waals surface area contributed by atoms with Gasteiger partial charge in [-0.05, 0) is 45.2 Å². The van der Waals surface area contributed by atoms with Gasteiger partial charge in [0.15, 0.2) is 9.84 Å². The summed E-state index contributed by atoms with van der Waals surface area (Å²) in [6.07, 6.45) is 1.03. The summed E-state index contributed by atoms with van der Waals surface area (Å²) in [5, 5.41) is 12.9. The average molecular weight is 442 g/mol. The van der Waals surface area contributed by atoms with Gasteiger partial charge < -0.3 is 0 Å². The Morgan fingerprint density at radius 2 is 2.10 bits per heavy atom. The fourth-order valence-corrected chi connectivity index (χ4v) is 4.89. The van der Waals surface area contributed by atoms with Crippen molar-refractivity contribution in [3.8, 4) is 0 Å². The van der Waals surface area contributed by atoms with Gasteiger partial charge in [0.05, 0.1) is 15.5 Å². The molecular formula is C10H9ClIN5O3S. The van der Waals surface area contributed by atoms with Crippen molar-refractivity contribution in [2.24, 2.45) is 7.05 Å². The Morgan fingerprint density at radius 1 is 1.43 bits per heavy atom. The van der Waals surface area contributed by atoms with Gasteiger partial charge in [-0.2, -0.15) is 0 Å². The van der Waals surface area contributed by atoms with E-state index in [1.807, 2.05) is 22.6 Å². The first-order valence-corrected chi connectivity index (χ1v) is 8.78. The summed E-state index contributed by atoms with van der Waals surface area (Å²) >= 11 is 7.92. The molecule has 112 valence electrons. The van der Waals surface area contributed by atoms with Gasteiger partial charge >= 0.3 is 0 Å². The van der Waals surface area contributed by atoms with Gasteiger partial charge in [-0.25, -0.2) is 13.1 Å². The number of nitrogens with zero attached hydrogens (tertiary/aromatic N) is 4. The molecule has 0 saturated carbocycles. The van der Waals surface area contributed by atoms with Crippen molar-refractivity contribution in [2.45, 2.75) is 4.90 Å². The number of anilines is 1. The minimum Gasteiger partial charge on any atom is -0.289 e. The molecular weight excluding hydrogens is 433 g/mol. The SMILES string of the molecule is Cn1nnnc1NC(=O)c1ccc(I)c(S(C)(=O)=O)c1Cl. The predicted octanol–water partition coefficient (Wildman–Crippen LogP) is 1.12. The van der Waals surface area contributed by atoms with Crippen LogP contribution in [0.5, 0.6) is 0 Å². The van der Waals surface area contributed by atoms with Gasteiger partial charge in [-0.1, -0.05) is 16.7 Å². The van der Waals surface area contributed by atoms with Crippen molar-refractivity contribution in [3.63, 3.8) is 0 Å². The second-order valence-electron chi connectivity index (χ2n) is 4.09. The number of sulfone groups is 1. The molecule has 0 aliphatic carbocycles. The van der Waals surface area contributed by atoms with Crippen molar-refractivity contribution in [1.29, 1.82) is 0 Å². The van der Waals surface area contributed by atoms with E-state index in [4.69, 9.17) is 11.6 Å². The second-order valence-corrected chi connectivity index (χ2v) is 7.58. The van der Waals surface area contributed by atoms with Crippen molar-refractivity contribution in [1.82, 2.24) is 20.2 Å². The minimum atomic E-state index is -3.56. The van der Waals surface area contributed by atoms with Crippen LogP contribution in [-0.4, -0.2) is 40.8 Å². The molecule has 8 nitrogen and oxygen atoms in total. The van der Waals surface area contributed by atoms with E-state index in [1.54, 1.807) is 7.05 Å². The van der Waals surface area contributed by atoms with Crippen LogP contribution in [-0.2, 0) is 16.9 Å². The van der Waals surface area contributed by atoms with E-state index in [2.05, 4.69) is 20.8 Å². The summed E-state index contributed by atoms with van der Waals surface area (Å²) < 4.78 is 25.2. The highest BCUT2D eigenvalue weighted by molar-refractivity contribution is 14.1. The van der Waals surface area contributed by atoms with Gasteiger partial charge in [0.2, 0.25) is 5.95 Å². The zero-order valence-electron chi connectivity index (χ0n) is 10.8. The highest BCUT2D eigenvalue weighted by atomic mass is 127. The fraction of sp³-hybridized carbons (Fsp3) is 0.200. The molecule has 0 atom stereocenters. The van der Waals surface area contributed by atoms with Crippen LogP contribution < -0.4 is 5.32 Å². The molecule has 2 rings (SSSR count). The molecule has 0 aliphatic rings. The van der Waals surface area contributed by atoms with Crippen LogP contribution in [0.2, 0.25) is 5.02 Å². The number of nitrogens with one attached hydrogen (secondary N) is 1. The molecule has 0 fully saturated rings. The van der Waals surface area contributed by atoms with Crippen molar-refractivity contribution < 1.29 is 13.2 Å². The average Bonchev–Trinajstić information content (AvgIpc) is 2.73. The molecule has 0 spiro atoms. The number of benzene rings is 1. The summed E-state index contributed by atoms with van der Waals surface area (Å²) in [6, 6.07) is 2.95. The Morgan fingerprint density at radius 3 is 2.62 bits per heavy atom. The van der Waals surface area contributed by atoms with E-state index in [0.717, 1.165) is 6.26 Å². The van der Waals surface area contributed by atoms with Crippen LogP contribution in [0.15, 0.2) is 17.0 Å². The number of hydrogen-bond donors (Lipinski definition) is 1. The molecule has 21 heavy (non-hydrogen) atoms. The number of aryl methyl sites for hydroxylation is 1. The highest BCUT2D eigenvalue weighted by Gasteiger charge is 2.23. The van der Waals surface area contributed by atoms with Crippen molar-refractivity contribution >= 4 is 55.9 Å². The van der Waals surface area contributed by atoms with Gasteiger partial charge in [-0.3, -0.25) is 10.1 Å². The number of halogens is 2. The van der Waals surface area contributed by atoms with Gasteiger partial charge in [0, 0.05) is 16.9 Å². The Labute approximate surface area is 138 Å². The molecule has 0 bridgehead atoms. The largest absolute Gasteiger partial charge is 0.289 e. The fourth-order valence-electron chi connectivity index (χ4n) is 1.55. The predicted molar refractivity (Wildman–Crippen MR) is 84.0 cm³/mol. The van der Waals surface area contributed by atoms with Gasteiger partial charge in [0.1, 0.15) is 0 Å². The number of rotatable bonds is 3. The first kappa shape index (κ1) is 16.1. The Bertz CT molecular complexity index is 820. The number of hydrogen-bond acceptors (Lipinski definition) is 6. The molecule has 11 heteroatoms. The standard InChI is InChI=1S/C10H9ClIN5O3S/c1-17-10(14-15-16-17)13-9(18)5-3-4-6(12)8(7(5)11)21(2,19)20/h3-4H,1-2H3,(H,13,14,16,18). The summed E-state index contributed by atoms with van der Waals surface area (Å²) in [5.74, 6) is -0.477. The molecule has 1 heterocycles. The Balaban J connectivity index is 2.46. The zero-order valence-corrected chi connectivity index (χ0v) is 14.6. The van der Waals surface area contributed by atoms with E-state index < -0.39 is 15.7 Å². The maximum Gasteiger partial charge on any atom is 0.259 e. The summed E-state index contributed by atoms with van der Waals surface area (Å²) in [7, 11) is -2.01. The lowest BCUT2D eigenvalue weighted by Gasteiger charge is -2.10. The quantitative estimate of drug-likeness (QED) is 0.716. The van der Waals surface area contributed by atoms with Crippen molar-refractivity contribution in [3.05, 3.63) is 26.3 Å². The molecule has 0 saturated heterocycles. The molecule has 0 aliphatic heterocycles. The molecule has 1 amide bonds. The molecule has 0 radical (unpaired) electrons. The number of carbonyl (C=O) groups is 1. The zero-order chi connectivity index (χ0) is 15.8. The molecule has 1 N–H and O–H groups in total. The lowest BCUT2D eigenvalue weighted by Crippen LogP contribution is -2.17. The smallest absolute Gasteiger partial charge is 0.259 e. The molecule has 1 aromatic carbocycles. The summed E-state index contributed by atoms with van der Waals surface area (Å²) in [4.78, 5) is 12.1. The van der Waals surface area contributed by atoms with Crippen LogP contribution >= 0.6 is 34.2 Å². The molecule has 0 unspecified atom stereocenters. The van der Waals surface area contributed by atoms with Gasteiger partial charge in [-0.15, -0.1) is 0 Å². The topological polar surface area (TPSA) is 107 Å². The van der Waals surface area contributed by atoms with E-state index in [1.165, 1.54) is 16.8 Å². The Hall–Kier alpha value is -1.27. The lowest BCUT2D eigenvalue weighted by molar-refractivity contribution is 0.102. The number of carbonyl (C=O) groups excluding carboxylic acids is 1. The number of aromatic nitrogens is 4. The molecule has 1 aromatic heterocycles. The van der Waals surface area contributed by atoms with Crippen LogP contribution in [0, 0.1) is 3.57 Å². The highest BCUT2D eigenvalue weighted by Crippen LogP contribution is 2.30. The Kier molecular flexibility index (Phi) is 4.49. The van der Waals surface area contributed by atoms with E-state index in [9.17, 15) is 13.2 Å². The third-order valence-corrected chi connectivity index (χ3v) is 5.45. The van der Waals surface area contributed by atoms with E-state index in [0.29, 0.717) is 3.57 Å². The van der Waals surface area contributed by atoms with Crippen molar-refractivity contribution in [2.75, 3.05) is 11.6 Å². The van der Waals surface area contributed by atoms with Crippen LogP contribution in [0.25, 0.3) is 0 Å². The van der Waals surface area contributed by atoms with E-state index in [-0.39, 0.29) is 21.4 Å². The third-order valence-electron chi connectivity index (χ3n) is 2.51. The summed E-state index contributed by atoms with van der Waals surface area (Å²) in [6.45, 7) is 0. The first-order chi connectivity index (χ1) is 9.71.